The van der Waals surface area contributed by atoms with Crippen LogP contribution in [-0.2, 0) is 0 Å². The molecule has 0 N–H and O–H groups in total. The van der Waals surface area contributed by atoms with Gasteiger partial charge in [-0.2, -0.15) is 0 Å². The zero-order chi connectivity index (χ0) is 11.0. The van der Waals surface area contributed by atoms with Crippen molar-refractivity contribution in [3.05, 3.63) is 48.3 Å². The zero-order valence-electron chi connectivity index (χ0n) is 8.42. The number of para-hydroxylation sites is 1. The van der Waals surface area contributed by atoms with Gasteiger partial charge in [-0.1, -0.05) is 18.2 Å². The van der Waals surface area contributed by atoms with Crippen molar-refractivity contribution >= 4 is 28.1 Å². The van der Waals surface area contributed by atoms with Gasteiger partial charge < -0.3 is 0 Å². The summed E-state index contributed by atoms with van der Waals surface area (Å²) >= 11 is 0. The summed E-state index contributed by atoms with van der Waals surface area (Å²) in [5, 5.41) is 1.78. The number of carbonyl (C=O) groups excluding carboxylic acids is 1. The van der Waals surface area contributed by atoms with Crippen molar-refractivity contribution in [2.45, 2.75) is 0 Å². The zero-order valence-corrected chi connectivity index (χ0v) is 8.42. The lowest BCUT2D eigenvalue weighted by atomic mass is 10.1. The topological polar surface area (TPSA) is 42.9 Å². The molecule has 0 spiro atoms. The van der Waals surface area contributed by atoms with E-state index in [2.05, 4.69) is 9.97 Å². The van der Waals surface area contributed by atoms with E-state index in [0.29, 0.717) is 5.56 Å². The molecule has 2 aromatic heterocycles. The number of rotatable bonds is 1. The van der Waals surface area contributed by atoms with Crippen molar-refractivity contribution in [3.63, 3.8) is 0 Å². The number of nitrogens with zero attached hydrogens (tertiary/aromatic N) is 2. The summed E-state index contributed by atoms with van der Waals surface area (Å²) in [4.78, 5) is 19.5. The molecule has 0 fully saturated rings. The maximum atomic E-state index is 10.9. The summed E-state index contributed by atoms with van der Waals surface area (Å²) in [5.41, 5.74) is 2.35. The Hall–Kier alpha value is -2.29. The molecule has 0 aliphatic heterocycles. The quantitative estimate of drug-likeness (QED) is 0.456. The molecule has 16 heavy (non-hydrogen) atoms. The largest absolute Gasteiger partial charge is 0.298 e. The van der Waals surface area contributed by atoms with Gasteiger partial charge in [0.05, 0.1) is 11.0 Å². The van der Waals surface area contributed by atoms with Crippen LogP contribution in [0.5, 0.6) is 0 Å². The average molecular weight is 208 g/mol. The van der Waals surface area contributed by atoms with Gasteiger partial charge in [0, 0.05) is 28.7 Å². The molecule has 0 atom stereocenters. The Bertz CT molecular complexity index is 692. The van der Waals surface area contributed by atoms with Crippen LogP contribution in [0.2, 0.25) is 0 Å². The number of carbonyl (C=O) groups is 1. The Morgan fingerprint density at radius 3 is 2.75 bits per heavy atom. The highest BCUT2D eigenvalue weighted by Gasteiger charge is 2.05. The molecule has 1 aromatic carbocycles. The molecule has 3 heteroatoms. The smallest absolute Gasteiger partial charge is 0.150 e. The van der Waals surface area contributed by atoms with Crippen LogP contribution < -0.4 is 0 Å². The lowest BCUT2D eigenvalue weighted by molar-refractivity contribution is 0.112. The van der Waals surface area contributed by atoms with Gasteiger partial charge in [0.2, 0.25) is 0 Å². The minimum absolute atomic E-state index is 0.628. The van der Waals surface area contributed by atoms with Gasteiger partial charge >= 0.3 is 0 Å². The minimum Gasteiger partial charge on any atom is -0.298 e. The molecule has 3 aromatic rings. The summed E-state index contributed by atoms with van der Waals surface area (Å²) in [6.07, 6.45) is 4.19. The predicted molar refractivity (Wildman–Crippen MR) is 62.4 cm³/mol. The second kappa shape index (κ2) is 3.38. The summed E-state index contributed by atoms with van der Waals surface area (Å²) in [5.74, 6) is 0. The van der Waals surface area contributed by atoms with E-state index < -0.39 is 0 Å². The number of aldehydes is 1. The third kappa shape index (κ3) is 1.18. The summed E-state index contributed by atoms with van der Waals surface area (Å²) < 4.78 is 0. The van der Waals surface area contributed by atoms with Crippen LogP contribution in [0, 0.1) is 0 Å². The van der Waals surface area contributed by atoms with Crippen LogP contribution in [0.3, 0.4) is 0 Å². The molecule has 0 amide bonds. The van der Waals surface area contributed by atoms with E-state index in [9.17, 15) is 4.79 Å². The van der Waals surface area contributed by atoms with Gasteiger partial charge in [-0.3, -0.25) is 14.8 Å². The van der Waals surface area contributed by atoms with Gasteiger partial charge in [0.1, 0.15) is 0 Å². The molecule has 0 bridgehead atoms. The van der Waals surface area contributed by atoms with Gasteiger partial charge in [-0.15, -0.1) is 0 Å². The molecule has 0 radical (unpaired) electrons. The number of aromatic nitrogens is 2. The fourth-order valence-corrected chi connectivity index (χ4v) is 1.86. The second-order valence-electron chi connectivity index (χ2n) is 3.56. The maximum Gasteiger partial charge on any atom is 0.150 e. The average Bonchev–Trinajstić information content (AvgIpc) is 2.37. The molecule has 76 valence electrons. The van der Waals surface area contributed by atoms with Crippen molar-refractivity contribution in [1.29, 1.82) is 0 Å². The first kappa shape index (κ1) is 8.97. The highest BCUT2D eigenvalue weighted by Crippen LogP contribution is 2.22. The first-order chi connectivity index (χ1) is 7.90. The van der Waals surface area contributed by atoms with Crippen LogP contribution in [0.1, 0.15) is 10.4 Å². The second-order valence-corrected chi connectivity index (χ2v) is 3.56. The molecule has 0 aliphatic carbocycles. The Morgan fingerprint density at radius 2 is 1.88 bits per heavy atom. The third-order valence-electron chi connectivity index (χ3n) is 2.64. The predicted octanol–water partition coefficient (Wildman–Crippen LogP) is 2.60. The maximum absolute atomic E-state index is 10.9. The summed E-state index contributed by atoms with van der Waals surface area (Å²) in [6.45, 7) is 0. The Kier molecular flexibility index (Phi) is 1.90. The first-order valence-electron chi connectivity index (χ1n) is 4.98. The standard InChI is InChI=1S/C13H8N2O/c16-8-9-5-6-14-13-10-3-1-2-4-12(10)15-7-11(9)13/h1-8H. The first-order valence-corrected chi connectivity index (χ1v) is 4.98. The highest BCUT2D eigenvalue weighted by atomic mass is 16.1. The van der Waals surface area contributed by atoms with Crippen LogP contribution in [0.4, 0.5) is 0 Å². The van der Waals surface area contributed by atoms with Crippen molar-refractivity contribution in [1.82, 2.24) is 9.97 Å². The Labute approximate surface area is 91.8 Å². The lowest BCUT2D eigenvalue weighted by Crippen LogP contribution is -1.89. The molecular formula is C13H8N2O. The number of hydrogen-bond donors (Lipinski definition) is 0. The van der Waals surface area contributed by atoms with Crippen LogP contribution in [0.25, 0.3) is 21.8 Å². The number of fused-ring (bicyclic) bond motifs is 3. The van der Waals surface area contributed by atoms with Crippen molar-refractivity contribution in [3.8, 4) is 0 Å². The fourth-order valence-electron chi connectivity index (χ4n) is 1.86. The van der Waals surface area contributed by atoms with Gasteiger partial charge in [-0.25, -0.2) is 0 Å². The number of pyridine rings is 2. The number of hydrogen-bond acceptors (Lipinski definition) is 3. The molecule has 0 saturated heterocycles. The molecule has 0 unspecified atom stereocenters. The van der Waals surface area contributed by atoms with Crippen molar-refractivity contribution in [2.24, 2.45) is 0 Å². The van der Waals surface area contributed by atoms with Crippen molar-refractivity contribution < 1.29 is 4.79 Å². The van der Waals surface area contributed by atoms with Gasteiger partial charge in [0.15, 0.2) is 6.29 Å². The molecule has 2 heterocycles. The fraction of sp³-hybridized carbons (Fsp3) is 0. The van der Waals surface area contributed by atoms with Gasteiger partial charge in [0.25, 0.3) is 0 Å². The van der Waals surface area contributed by atoms with E-state index in [0.717, 1.165) is 28.1 Å². The molecule has 0 aliphatic rings. The van der Waals surface area contributed by atoms with E-state index in [1.165, 1.54) is 0 Å². The Balaban J connectivity index is 2.57. The minimum atomic E-state index is 0.628. The molecule has 0 saturated carbocycles. The third-order valence-corrected chi connectivity index (χ3v) is 2.64. The molecular weight excluding hydrogens is 200 g/mol. The van der Waals surface area contributed by atoms with E-state index in [1.807, 2.05) is 24.3 Å². The lowest BCUT2D eigenvalue weighted by Gasteiger charge is -2.03. The van der Waals surface area contributed by atoms with E-state index in [-0.39, 0.29) is 0 Å². The monoisotopic (exact) mass is 208 g/mol. The van der Waals surface area contributed by atoms with E-state index >= 15 is 0 Å². The highest BCUT2D eigenvalue weighted by molar-refractivity contribution is 6.07. The normalized spacial score (nSPS) is 10.8. The summed E-state index contributed by atoms with van der Waals surface area (Å²) in [7, 11) is 0. The summed E-state index contributed by atoms with van der Waals surface area (Å²) in [6, 6.07) is 9.48. The number of benzene rings is 1. The van der Waals surface area contributed by atoms with E-state index in [4.69, 9.17) is 0 Å². The van der Waals surface area contributed by atoms with Crippen LogP contribution in [0.15, 0.2) is 42.7 Å². The van der Waals surface area contributed by atoms with Crippen molar-refractivity contribution in [2.75, 3.05) is 0 Å². The molecule has 3 rings (SSSR count). The van der Waals surface area contributed by atoms with Crippen LogP contribution >= 0.6 is 0 Å². The van der Waals surface area contributed by atoms with Crippen LogP contribution in [-0.4, -0.2) is 16.3 Å². The Morgan fingerprint density at radius 1 is 1.00 bits per heavy atom. The van der Waals surface area contributed by atoms with Gasteiger partial charge in [-0.05, 0) is 12.1 Å². The molecule has 3 nitrogen and oxygen atoms in total. The van der Waals surface area contributed by atoms with E-state index in [1.54, 1.807) is 18.5 Å². The SMILES string of the molecule is O=Cc1ccnc2c1cnc1ccccc12.